The number of rotatable bonds is 1. The molecule has 92 valence electrons. The average Bonchev–Trinajstić information content (AvgIpc) is 2.70. The molecule has 1 atom stereocenters. The Morgan fingerprint density at radius 1 is 1.24 bits per heavy atom. The van der Waals surface area contributed by atoms with Crippen LogP contribution in [0.4, 0.5) is 13.2 Å². The number of hydrogen-bond acceptors (Lipinski definition) is 2. The van der Waals surface area contributed by atoms with Crippen molar-refractivity contribution in [2.24, 2.45) is 5.16 Å². The van der Waals surface area contributed by atoms with E-state index in [0.717, 1.165) is 11.1 Å². The molecule has 0 aliphatic carbocycles. The van der Waals surface area contributed by atoms with E-state index in [4.69, 9.17) is 0 Å². The molecule has 17 heavy (non-hydrogen) atoms. The van der Waals surface area contributed by atoms with Crippen LogP contribution >= 0.6 is 0 Å². The molecule has 0 saturated heterocycles. The summed E-state index contributed by atoms with van der Waals surface area (Å²) in [6, 6.07) is 5.47. The summed E-state index contributed by atoms with van der Waals surface area (Å²) in [7, 11) is 0. The number of nitrogens with zero attached hydrogens (tertiary/aromatic N) is 1. The van der Waals surface area contributed by atoms with Crippen molar-refractivity contribution in [1.29, 1.82) is 0 Å². The van der Waals surface area contributed by atoms with Crippen molar-refractivity contribution in [3.63, 3.8) is 0 Å². The fourth-order valence-electron chi connectivity index (χ4n) is 1.64. The van der Waals surface area contributed by atoms with Crippen LogP contribution in [0, 0.1) is 13.8 Å². The number of aryl methyl sites for hydroxylation is 2. The van der Waals surface area contributed by atoms with Gasteiger partial charge in [-0.25, -0.2) is 0 Å². The number of oxime groups is 1. The molecule has 0 N–H and O–H groups in total. The molecule has 1 aromatic rings. The first kappa shape index (κ1) is 12.0. The monoisotopic (exact) mass is 243 g/mol. The van der Waals surface area contributed by atoms with Crippen molar-refractivity contribution in [3.8, 4) is 0 Å². The molecule has 1 heterocycles. The maximum Gasteiger partial charge on any atom is 0.428 e. The number of halogens is 3. The summed E-state index contributed by atoms with van der Waals surface area (Å²) in [5.41, 5.74) is 3.18. The highest BCUT2D eigenvalue weighted by Crippen LogP contribution is 2.30. The van der Waals surface area contributed by atoms with Gasteiger partial charge in [0, 0.05) is 6.42 Å². The van der Waals surface area contributed by atoms with Gasteiger partial charge in [-0.3, -0.25) is 0 Å². The van der Waals surface area contributed by atoms with Crippen LogP contribution in [-0.2, 0) is 4.84 Å². The Morgan fingerprint density at radius 3 is 2.47 bits per heavy atom. The van der Waals surface area contributed by atoms with Crippen LogP contribution in [0.3, 0.4) is 0 Å². The molecule has 0 radical (unpaired) electrons. The third-order valence-electron chi connectivity index (χ3n) is 2.87. The molecule has 5 heteroatoms. The SMILES string of the molecule is Cc1ccc(C2=NOC(C(F)(F)F)C2)cc1C. The second-order valence-electron chi connectivity index (χ2n) is 4.18. The summed E-state index contributed by atoms with van der Waals surface area (Å²) in [5, 5.41) is 3.52. The predicted octanol–water partition coefficient (Wildman–Crippen LogP) is 3.36. The molecule has 0 spiro atoms. The lowest BCUT2D eigenvalue weighted by molar-refractivity contribution is -0.212. The van der Waals surface area contributed by atoms with E-state index >= 15 is 0 Å². The van der Waals surface area contributed by atoms with Gasteiger partial charge in [-0.15, -0.1) is 0 Å². The molecule has 1 aliphatic heterocycles. The van der Waals surface area contributed by atoms with Crippen molar-refractivity contribution >= 4 is 5.71 Å². The molecular formula is C12H12F3NO. The Bertz CT molecular complexity index is 465. The van der Waals surface area contributed by atoms with Gasteiger partial charge in [0.1, 0.15) is 0 Å². The van der Waals surface area contributed by atoms with Crippen LogP contribution in [0.1, 0.15) is 23.1 Å². The van der Waals surface area contributed by atoms with E-state index in [-0.39, 0.29) is 6.42 Å². The zero-order valence-corrected chi connectivity index (χ0v) is 9.51. The summed E-state index contributed by atoms with van der Waals surface area (Å²) < 4.78 is 37.2. The highest BCUT2D eigenvalue weighted by molar-refractivity contribution is 6.01. The Morgan fingerprint density at radius 2 is 1.94 bits per heavy atom. The van der Waals surface area contributed by atoms with Crippen molar-refractivity contribution in [2.45, 2.75) is 32.5 Å². The molecular weight excluding hydrogens is 231 g/mol. The molecule has 0 fully saturated rings. The van der Waals surface area contributed by atoms with E-state index in [1.807, 2.05) is 26.0 Å². The molecule has 2 nitrogen and oxygen atoms in total. The Kier molecular flexibility index (Phi) is 2.85. The van der Waals surface area contributed by atoms with Crippen LogP contribution in [0.25, 0.3) is 0 Å². The molecule has 1 aliphatic rings. The first-order valence-corrected chi connectivity index (χ1v) is 5.25. The van der Waals surface area contributed by atoms with Gasteiger partial charge < -0.3 is 4.84 Å². The van der Waals surface area contributed by atoms with Gasteiger partial charge in [-0.1, -0.05) is 17.3 Å². The minimum Gasteiger partial charge on any atom is -0.382 e. The minimum atomic E-state index is -4.36. The molecule has 0 amide bonds. The zero-order valence-electron chi connectivity index (χ0n) is 9.51. The normalized spacial score (nSPS) is 20.1. The van der Waals surface area contributed by atoms with Crippen LogP contribution in [-0.4, -0.2) is 18.0 Å². The van der Waals surface area contributed by atoms with Gasteiger partial charge >= 0.3 is 6.18 Å². The van der Waals surface area contributed by atoms with Crippen molar-refractivity contribution < 1.29 is 18.0 Å². The fourth-order valence-corrected chi connectivity index (χ4v) is 1.64. The fraction of sp³-hybridized carbons (Fsp3) is 0.417. The predicted molar refractivity (Wildman–Crippen MR) is 58.0 cm³/mol. The quantitative estimate of drug-likeness (QED) is 0.741. The van der Waals surface area contributed by atoms with E-state index in [1.165, 1.54) is 0 Å². The van der Waals surface area contributed by atoms with Gasteiger partial charge in [0.05, 0.1) is 5.71 Å². The topological polar surface area (TPSA) is 21.6 Å². The highest BCUT2D eigenvalue weighted by atomic mass is 19.4. The van der Waals surface area contributed by atoms with Gasteiger partial charge in [0.2, 0.25) is 6.10 Å². The van der Waals surface area contributed by atoms with Crippen LogP contribution in [0.2, 0.25) is 0 Å². The maximum absolute atomic E-state index is 12.4. The average molecular weight is 243 g/mol. The van der Waals surface area contributed by atoms with E-state index < -0.39 is 12.3 Å². The molecule has 0 bridgehead atoms. The standard InChI is InChI=1S/C12H12F3NO/c1-7-3-4-9(5-8(7)2)10-6-11(17-16-10)12(13,14)15/h3-5,11H,6H2,1-2H3. The van der Waals surface area contributed by atoms with Crippen LogP contribution in [0.5, 0.6) is 0 Å². The summed E-state index contributed by atoms with van der Waals surface area (Å²) in [6.07, 6.45) is -6.38. The van der Waals surface area contributed by atoms with Crippen molar-refractivity contribution in [2.75, 3.05) is 0 Å². The first-order chi connectivity index (χ1) is 7.88. The second kappa shape index (κ2) is 4.05. The first-order valence-electron chi connectivity index (χ1n) is 5.25. The molecule has 1 aromatic carbocycles. The minimum absolute atomic E-state index is 0.216. The lowest BCUT2D eigenvalue weighted by Crippen LogP contribution is -2.28. The van der Waals surface area contributed by atoms with Crippen LogP contribution < -0.4 is 0 Å². The Labute approximate surface area is 97.1 Å². The summed E-state index contributed by atoms with van der Waals surface area (Å²) in [6.45, 7) is 3.86. The zero-order chi connectivity index (χ0) is 12.6. The lowest BCUT2D eigenvalue weighted by Gasteiger charge is -2.11. The Hall–Kier alpha value is -1.52. The highest BCUT2D eigenvalue weighted by Gasteiger charge is 2.45. The van der Waals surface area contributed by atoms with Gasteiger partial charge in [-0.05, 0) is 36.6 Å². The maximum atomic E-state index is 12.4. The van der Waals surface area contributed by atoms with E-state index in [9.17, 15) is 13.2 Å². The van der Waals surface area contributed by atoms with Crippen molar-refractivity contribution in [3.05, 3.63) is 34.9 Å². The largest absolute Gasteiger partial charge is 0.428 e. The lowest BCUT2D eigenvalue weighted by atomic mass is 10.0. The van der Waals surface area contributed by atoms with E-state index in [0.29, 0.717) is 11.3 Å². The molecule has 0 aromatic heterocycles. The number of hydrogen-bond donors (Lipinski definition) is 0. The van der Waals surface area contributed by atoms with Crippen LogP contribution in [0.15, 0.2) is 23.4 Å². The number of alkyl halides is 3. The molecule has 1 unspecified atom stereocenters. The van der Waals surface area contributed by atoms with Gasteiger partial charge in [-0.2, -0.15) is 13.2 Å². The van der Waals surface area contributed by atoms with Gasteiger partial charge in [0.25, 0.3) is 0 Å². The summed E-state index contributed by atoms with van der Waals surface area (Å²) >= 11 is 0. The smallest absolute Gasteiger partial charge is 0.382 e. The second-order valence-corrected chi connectivity index (χ2v) is 4.18. The summed E-state index contributed by atoms with van der Waals surface area (Å²) in [5.74, 6) is 0. The summed E-state index contributed by atoms with van der Waals surface area (Å²) in [4.78, 5) is 4.42. The molecule has 2 rings (SSSR count). The number of benzene rings is 1. The third kappa shape index (κ3) is 2.43. The van der Waals surface area contributed by atoms with Crippen molar-refractivity contribution in [1.82, 2.24) is 0 Å². The molecule has 0 saturated carbocycles. The van der Waals surface area contributed by atoms with Gasteiger partial charge in [0.15, 0.2) is 0 Å². The Balaban J connectivity index is 2.18. The van der Waals surface area contributed by atoms with E-state index in [2.05, 4.69) is 9.99 Å². The van der Waals surface area contributed by atoms with E-state index in [1.54, 1.807) is 6.07 Å². The third-order valence-corrected chi connectivity index (χ3v) is 2.87.